The van der Waals surface area contributed by atoms with E-state index in [4.69, 9.17) is 0 Å². The highest BCUT2D eigenvalue weighted by Crippen LogP contribution is 2.44. The molecule has 0 aliphatic heterocycles. The van der Waals surface area contributed by atoms with Crippen molar-refractivity contribution in [3.63, 3.8) is 0 Å². The molecule has 5 heteroatoms. The molecule has 2 aromatic heterocycles. The summed E-state index contributed by atoms with van der Waals surface area (Å²) in [6.07, 6.45) is 6.87. The Balaban J connectivity index is 2.10. The molecule has 0 aliphatic rings. The summed E-state index contributed by atoms with van der Waals surface area (Å²) in [5, 5.41) is 1.08. The lowest BCUT2D eigenvalue weighted by atomic mass is 9.34. The van der Waals surface area contributed by atoms with Crippen LogP contribution in [0, 0.1) is 41.5 Å². The molecule has 4 aromatic rings. The molecule has 218 valence electrons. The predicted molar refractivity (Wildman–Crippen MR) is 190 cm³/mol. The van der Waals surface area contributed by atoms with Crippen molar-refractivity contribution in [2.24, 2.45) is 0 Å². The summed E-state index contributed by atoms with van der Waals surface area (Å²) in [7, 11) is -2.47. The van der Waals surface area contributed by atoms with Crippen LogP contribution in [-0.2, 0) is 17.4 Å². The van der Waals surface area contributed by atoms with E-state index in [2.05, 4.69) is 91.8 Å². The minimum Gasteiger partial charge on any atom is -0.319 e. The van der Waals surface area contributed by atoms with Gasteiger partial charge in [0.2, 0.25) is 6.71 Å². The van der Waals surface area contributed by atoms with Crippen molar-refractivity contribution in [3.05, 3.63) is 79.5 Å². The molecule has 0 aliphatic carbocycles. The number of rotatable bonds is 11. The highest BCUT2D eigenvalue weighted by molar-refractivity contribution is 7.71. The molecule has 4 rings (SSSR count). The molecule has 0 N–H and O–H groups in total. The summed E-state index contributed by atoms with van der Waals surface area (Å²) in [4.78, 5) is 5.41. The maximum absolute atomic E-state index is 13.8. The van der Waals surface area contributed by atoms with E-state index in [0.717, 1.165) is 18.1 Å². The van der Waals surface area contributed by atoms with E-state index < -0.39 is 7.14 Å². The van der Waals surface area contributed by atoms with Gasteiger partial charge in [0.05, 0.1) is 4.88 Å². The van der Waals surface area contributed by atoms with Gasteiger partial charge >= 0.3 is 0 Å². The molecule has 0 saturated heterocycles. The van der Waals surface area contributed by atoms with Crippen LogP contribution in [0.2, 0.25) is 0 Å². The van der Waals surface area contributed by atoms with Gasteiger partial charge in [-0.25, -0.2) is 0 Å². The average Bonchev–Trinajstić information content (AvgIpc) is 3.48. The van der Waals surface area contributed by atoms with Crippen LogP contribution >= 0.6 is 29.8 Å². The monoisotopic (exact) mass is 602 g/mol. The first-order valence-electron chi connectivity index (χ1n) is 15.3. The molecule has 41 heavy (non-hydrogen) atoms. The zero-order valence-corrected chi connectivity index (χ0v) is 29.5. The third kappa shape index (κ3) is 7.03. The second-order valence-electron chi connectivity index (χ2n) is 12.5. The SMILES string of the molecule is CCCCc1cc(B(c2c(C)cc(C)cc2C)c2c(C)cc(C)cc2C)c(-c2sc(CCCC)cc2P(C)(C)=O)s1. The maximum atomic E-state index is 13.8. The lowest BCUT2D eigenvalue weighted by molar-refractivity contribution is 0.588. The van der Waals surface area contributed by atoms with Crippen LogP contribution in [0.25, 0.3) is 9.75 Å². The number of unbranched alkanes of at least 4 members (excludes halogenated alkanes) is 2. The van der Waals surface area contributed by atoms with Crippen molar-refractivity contribution in [2.75, 3.05) is 13.3 Å². The average molecular weight is 603 g/mol. The summed E-state index contributed by atoms with van der Waals surface area (Å²) in [5.74, 6) is 0. The van der Waals surface area contributed by atoms with Gasteiger partial charge in [-0.05, 0) is 92.1 Å². The fourth-order valence-electron chi connectivity index (χ4n) is 6.54. The number of hydrogen-bond acceptors (Lipinski definition) is 3. The van der Waals surface area contributed by atoms with E-state index in [1.54, 1.807) is 0 Å². The van der Waals surface area contributed by atoms with Crippen LogP contribution in [-0.4, -0.2) is 20.0 Å². The highest BCUT2D eigenvalue weighted by Gasteiger charge is 2.34. The summed E-state index contributed by atoms with van der Waals surface area (Å²) < 4.78 is 13.8. The summed E-state index contributed by atoms with van der Waals surface area (Å²) in [6.45, 7) is 22.1. The predicted octanol–water partition coefficient (Wildman–Crippen LogP) is 8.78. The first-order chi connectivity index (χ1) is 19.3. The molecule has 0 amide bonds. The lowest BCUT2D eigenvalue weighted by Gasteiger charge is -2.25. The number of hydrogen-bond donors (Lipinski definition) is 0. The van der Waals surface area contributed by atoms with Gasteiger partial charge in [0.1, 0.15) is 7.14 Å². The third-order valence-electron chi connectivity index (χ3n) is 8.28. The van der Waals surface area contributed by atoms with Crippen LogP contribution in [0.15, 0.2) is 36.4 Å². The van der Waals surface area contributed by atoms with Gasteiger partial charge in [-0.3, -0.25) is 0 Å². The summed E-state index contributed by atoms with van der Waals surface area (Å²) in [5.41, 5.74) is 12.3. The smallest absolute Gasteiger partial charge is 0.244 e. The van der Waals surface area contributed by atoms with Crippen LogP contribution in [0.5, 0.6) is 0 Å². The van der Waals surface area contributed by atoms with E-state index in [1.807, 2.05) is 36.0 Å². The summed E-state index contributed by atoms with van der Waals surface area (Å²) >= 11 is 3.86. The van der Waals surface area contributed by atoms with Crippen LogP contribution in [0.3, 0.4) is 0 Å². The van der Waals surface area contributed by atoms with E-state index in [1.165, 1.54) is 95.0 Å². The largest absolute Gasteiger partial charge is 0.319 e. The summed E-state index contributed by atoms with van der Waals surface area (Å²) in [6, 6.07) is 14.2. The van der Waals surface area contributed by atoms with Gasteiger partial charge in [0.15, 0.2) is 0 Å². The Kier molecular flexibility index (Phi) is 10.3. The molecule has 0 bridgehead atoms. The number of thiophene rings is 2. The quantitative estimate of drug-likeness (QED) is 0.124. The zero-order chi connectivity index (χ0) is 30.1. The van der Waals surface area contributed by atoms with Crippen molar-refractivity contribution in [2.45, 2.75) is 93.9 Å². The first-order valence-corrected chi connectivity index (χ1v) is 19.6. The van der Waals surface area contributed by atoms with Crippen LogP contribution in [0.4, 0.5) is 0 Å². The molecule has 0 spiro atoms. The van der Waals surface area contributed by atoms with Crippen molar-refractivity contribution in [1.29, 1.82) is 0 Å². The fraction of sp³-hybridized carbons (Fsp3) is 0.444. The van der Waals surface area contributed by atoms with Crippen LogP contribution < -0.4 is 21.7 Å². The second kappa shape index (κ2) is 13.2. The maximum Gasteiger partial charge on any atom is 0.244 e. The molecular formula is C36H48BOPS2. The van der Waals surface area contributed by atoms with E-state index in [9.17, 15) is 4.57 Å². The molecular weight excluding hydrogens is 554 g/mol. The van der Waals surface area contributed by atoms with Gasteiger partial charge in [0.25, 0.3) is 0 Å². The molecule has 0 atom stereocenters. The third-order valence-corrected chi connectivity index (χ3v) is 12.5. The Labute approximate surface area is 258 Å². The van der Waals surface area contributed by atoms with Gasteiger partial charge in [-0.2, -0.15) is 0 Å². The minimum atomic E-state index is -2.47. The second-order valence-corrected chi connectivity index (χ2v) is 18.0. The van der Waals surface area contributed by atoms with E-state index in [-0.39, 0.29) is 6.71 Å². The molecule has 2 aromatic carbocycles. The number of aryl methyl sites for hydroxylation is 8. The topological polar surface area (TPSA) is 17.1 Å². The standard InChI is InChI=1S/C36H48BOPS2/c1-11-13-15-29-21-31(35(40-29)36-32(39(9,10)38)22-30(41-36)16-14-12-2)37(33-25(5)17-23(3)18-26(33)6)34-27(7)19-24(4)20-28(34)8/h17-22H,11-16H2,1-10H3. The first kappa shape index (κ1) is 32.1. The van der Waals surface area contributed by atoms with Gasteiger partial charge in [0, 0.05) is 19.9 Å². The van der Waals surface area contributed by atoms with E-state index >= 15 is 0 Å². The molecule has 1 nitrogen and oxygen atoms in total. The van der Waals surface area contributed by atoms with Crippen LogP contribution in [0.1, 0.15) is 82.7 Å². The van der Waals surface area contributed by atoms with Gasteiger partial charge < -0.3 is 4.57 Å². The zero-order valence-electron chi connectivity index (χ0n) is 27.0. The Hall–Kier alpha value is -1.87. The minimum absolute atomic E-state index is 0.125. The van der Waals surface area contributed by atoms with E-state index in [0.29, 0.717) is 0 Å². The fourth-order valence-corrected chi connectivity index (χ4v) is 11.1. The van der Waals surface area contributed by atoms with Gasteiger partial charge in [-0.15, -0.1) is 22.7 Å². The Morgan fingerprint density at radius 1 is 0.634 bits per heavy atom. The van der Waals surface area contributed by atoms with Gasteiger partial charge in [-0.1, -0.05) is 101 Å². The molecule has 0 radical (unpaired) electrons. The molecule has 0 unspecified atom stereocenters. The lowest BCUT2D eigenvalue weighted by Crippen LogP contribution is -2.56. The Morgan fingerprint density at radius 3 is 1.46 bits per heavy atom. The van der Waals surface area contributed by atoms with Crippen molar-refractivity contribution in [3.8, 4) is 9.75 Å². The molecule has 0 fully saturated rings. The Morgan fingerprint density at radius 2 is 1.05 bits per heavy atom. The number of benzene rings is 2. The normalized spacial score (nSPS) is 11.9. The molecule has 2 heterocycles. The highest BCUT2D eigenvalue weighted by atomic mass is 32.1. The Bertz CT molecular complexity index is 1480. The van der Waals surface area contributed by atoms with Crippen molar-refractivity contribution < 1.29 is 4.57 Å². The van der Waals surface area contributed by atoms with Crippen molar-refractivity contribution in [1.82, 2.24) is 0 Å². The van der Waals surface area contributed by atoms with Crippen molar-refractivity contribution >= 4 is 58.2 Å². The molecule has 0 saturated carbocycles.